The van der Waals surface area contributed by atoms with Gasteiger partial charge in [0, 0.05) is 30.7 Å². The molecule has 0 unspecified atom stereocenters. The van der Waals surface area contributed by atoms with E-state index in [0.29, 0.717) is 24.5 Å². The van der Waals surface area contributed by atoms with Crippen molar-refractivity contribution < 1.29 is 27.6 Å². The summed E-state index contributed by atoms with van der Waals surface area (Å²) in [7, 11) is 0. The van der Waals surface area contributed by atoms with Crippen LogP contribution in [0.15, 0.2) is 47.5 Å². The number of pyridine rings is 1. The Labute approximate surface area is 210 Å². The highest BCUT2D eigenvalue weighted by Crippen LogP contribution is 2.39. The number of hydrogen-bond acceptors (Lipinski definition) is 5. The van der Waals surface area contributed by atoms with Crippen LogP contribution in [0.25, 0.3) is 0 Å². The smallest absolute Gasteiger partial charge is 0.325 e. The van der Waals surface area contributed by atoms with Gasteiger partial charge in [-0.2, -0.15) is 13.2 Å². The van der Waals surface area contributed by atoms with Gasteiger partial charge in [-0.25, -0.2) is 19.5 Å². The molecule has 2 aliphatic heterocycles. The van der Waals surface area contributed by atoms with E-state index in [1.54, 1.807) is 30.9 Å². The van der Waals surface area contributed by atoms with Crippen molar-refractivity contribution in [1.82, 2.24) is 14.8 Å². The van der Waals surface area contributed by atoms with E-state index >= 15 is 0 Å². The topological polar surface area (TPSA) is 85.9 Å². The zero-order valence-electron chi connectivity index (χ0n) is 19.8. The lowest BCUT2D eigenvalue weighted by molar-refractivity contribution is -0.123. The second-order valence-electron chi connectivity index (χ2n) is 9.14. The van der Waals surface area contributed by atoms with E-state index in [0.717, 1.165) is 24.2 Å². The minimum Gasteiger partial charge on any atom is -0.325 e. The van der Waals surface area contributed by atoms with Gasteiger partial charge in [0.25, 0.3) is 5.91 Å². The molecule has 2 aliphatic rings. The fourth-order valence-corrected chi connectivity index (χ4v) is 4.77. The summed E-state index contributed by atoms with van der Waals surface area (Å²) < 4.78 is 37.9. The Hall–Kier alpha value is -3.28. The van der Waals surface area contributed by atoms with E-state index in [1.165, 1.54) is 35.4 Å². The van der Waals surface area contributed by atoms with Gasteiger partial charge in [-0.1, -0.05) is 0 Å². The first-order chi connectivity index (χ1) is 17.0. The lowest BCUT2D eigenvalue weighted by Crippen LogP contribution is -2.43. The number of alkyl halides is 3. The standard InChI is InChI=1S/C24H26F3N5O3S/c1-23(2)20(33)32(17-6-8-18(9-7-17)36-24(25,26)27)22(35)31(23)15-16-10-11-28-19(14-16)29-21(34)30-12-4-3-5-13-30/h6-11,14H,3-5,12-13,15H2,1-2H3,(H,28,29,34). The third kappa shape index (κ3) is 5.58. The van der Waals surface area contributed by atoms with Crippen LogP contribution >= 0.6 is 11.8 Å². The van der Waals surface area contributed by atoms with Gasteiger partial charge in [0.15, 0.2) is 0 Å². The summed E-state index contributed by atoms with van der Waals surface area (Å²) in [5, 5.41) is 2.79. The van der Waals surface area contributed by atoms with Crippen molar-refractivity contribution in [3.8, 4) is 0 Å². The molecule has 3 heterocycles. The Morgan fingerprint density at radius 2 is 1.75 bits per heavy atom. The molecule has 1 N–H and O–H groups in total. The molecule has 192 valence electrons. The molecule has 4 rings (SSSR count). The third-order valence-corrected chi connectivity index (χ3v) is 6.93. The summed E-state index contributed by atoms with van der Waals surface area (Å²) in [5.41, 5.74) is -4.78. The van der Waals surface area contributed by atoms with E-state index in [1.807, 2.05) is 0 Å². The predicted molar refractivity (Wildman–Crippen MR) is 130 cm³/mol. The first-order valence-electron chi connectivity index (χ1n) is 11.5. The minimum atomic E-state index is -4.43. The van der Waals surface area contributed by atoms with Crippen molar-refractivity contribution in [3.05, 3.63) is 48.2 Å². The van der Waals surface area contributed by atoms with Crippen LogP contribution in [0.1, 0.15) is 38.7 Å². The molecule has 1 aromatic heterocycles. The zero-order valence-corrected chi connectivity index (χ0v) is 20.7. The second-order valence-corrected chi connectivity index (χ2v) is 10.3. The van der Waals surface area contributed by atoms with Crippen molar-refractivity contribution >= 4 is 41.2 Å². The van der Waals surface area contributed by atoms with Gasteiger partial charge in [-0.15, -0.1) is 0 Å². The normalized spacial score (nSPS) is 18.1. The van der Waals surface area contributed by atoms with Crippen LogP contribution in [0.4, 0.5) is 34.3 Å². The number of imide groups is 1. The van der Waals surface area contributed by atoms with Gasteiger partial charge in [-0.05, 0) is 86.8 Å². The molecule has 0 spiro atoms. The van der Waals surface area contributed by atoms with Crippen molar-refractivity contribution in [3.63, 3.8) is 0 Å². The Morgan fingerprint density at radius 1 is 1.08 bits per heavy atom. The van der Waals surface area contributed by atoms with Crippen molar-refractivity contribution in [2.45, 2.75) is 55.6 Å². The number of nitrogens with one attached hydrogen (secondary N) is 1. The summed E-state index contributed by atoms with van der Waals surface area (Å²) in [6, 6.07) is 7.63. The molecule has 2 fully saturated rings. The Morgan fingerprint density at radius 3 is 2.39 bits per heavy atom. The lowest BCUT2D eigenvalue weighted by Gasteiger charge is -2.28. The SMILES string of the molecule is CC1(C)C(=O)N(c2ccc(SC(F)(F)F)cc2)C(=O)N1Cc1ccnc(NC(=O)N2CCCCC2)c1. The molecule has 8 nitrogen and oxygen atoms in total. The Balaban J connectivity index is 1.49. The molecule has 36 heavy (non-hydrogen) atoms. The number of thioether (sulfide) groups is 1. The second kappa shape index (κ2) is 10.00. The fourth-order valence-electron chi connectivity index (χ4n) is 4.23. The average molecular weight is 522 g/mol. The maximum absolute atomic E-state index is 13.3. The van der Waals surface area contributed by atoms with E-state index in [2.05, 4.69) is 10.3 Å². The summed E-state index contributed by atoms with van der Waals surface area (Å²) in [4.78, 5) is 47.2. The number of rotatable bonds is 5. The third-order valence-electron chi connectivity index (χ3n) is 6.20. The summed E-state index contributed by atoms with van der Waals surface area (Å²) >= 11 is -0.268. The number of piperidine rings is 1. The molecule has 0 bridgehead atoms. The number of carbonyl (C=O) groups excluding carboxylic acids is 3. The van der Waals surface area contributed by atoms with E-state index in [-0.39, 0.29) is 34.9 Å². The van der Waals surface area contributed by atoms with Gasteiger partial charge in [0.05, 0.1) is 5.69 Å². The van der Waals surface area contributed by atoms with Gasteiger partial charge >= 0.3 is 17.6 Å². The number of urea groups is 2. The Kier molecular flexibility index (Phi) is 7.17. The summed E-state index contributed by atoms with van der Waals surface area (Å²) in [6.07, 6.45) is 4.54. The highest BCUT2D eigenvalue weighted by Gasteiger charge is 2.51. The Bertz CT molecular complexity index is 1150. The molecular weight excluding hydrogens is 495 g/mol. The molecule has 1 aromatic carbocycles. The van der Waals surface area contributed by atoms with Crippen LogP contribution < -0.4 is 10.2 Å². The number of nitrogens with zero attached hydrogens (tertiary/aromatic N) is 4. The van der Waals surface area contributed by atoms with Crippen LogP contribution in [0.2, 0.25) is 0 Å². The molecule has 0 atom stereocenters. The van der Waals surface area contributed by atoms with Crippen molar-refractivity contribution in [1.29, 1.82) is 0 Å². The highest BCUT2D eigenvalue weighted by molar-refractivity contribution is 8.00. The lowest BCUT2D eigenvalue weighted by atomic mass is 10.0. The van der Waals surface area contributed by atoms with Crippen LogP contribution in [0, 0.1) is 0 Å². The quantitative estimate of drug-likeness (QED) is 0.417. The summed E-state index contributed by atoms with van der Waals surface area (Å²) in [6.45, 7) is 4.68. The van der Waals surface area contributed by atoms with Crippen molar-refractivity contribution in [2.24, 2.45) is 0 Å². The molecule has 0 radical (unpaired) electrons. The number of benzene rings is 1. The first-order valence-corrected chi connectivity index (χ1v) is 12.3. The minimum absolute atomic E-state index is 0.0441. The molecule has 5 amide bonds. The highest BCUT2D eigenvalue weighted by atomic mass is 32.2. The van der Waals surface area contributed by atoms with Gasteiger partial charge < -0.3 is 9.80 Å². The van der Waals surface area contributed by atoms with E-state index < -0.39 is 23.0 Å². The van der Waals surface area contributed by atoms with Gasteiger partial charge in [0.2, 0.25) is 0 Å². The fraction of sp³-hybridized carbons (Fsp3) is 0.417. The van der Waals surface area contributed by atoms with E-state index in [9.17, 15) is 27.6 Å². The average Bonchev–Trinajstić information content (AvgIpc) is 2.99. The molecule has 0 saturated carbocycles. The number of carbonyl (C=O) groups is 3. The first kappa shape index (κ1) is 25.8. The number of likely N-dealkylation sites (tertiary alicyclic amines) is 1. The molecule has 2 saturated heterocycles. The zero-order chi connectivity index (χ0) is 26.1. The van der Waals surface area contributed by atoms with Crippen molar-refractivity contribution in [2.75, 3.05) is 23.3 Å². The van der Waals surface area contributed by atoms with E-state index in [4.69, 9.17) is 0 Å². The maximum Gasteiger partial charge on any atom is 0.446 e. The molecule has 2 aromatic rings. The largest absolute Gasteiger partial charge is 0.446 e. The number of aromatic nitrogens is 1. The number of halogens is 3. The number of anilines is 2. The number of amides is 5. The maximum atomic E-state index is 13.3. The van der Waals surface area contributed by atoms with Crippen LogP contribution in [0.3, 0.4) is 0 Å². The monoisotopic (exact) mass is 521 g/mol. The summed E-state index contributed by atoms with van der Waals surface area (Å²) in [5.74, 6) is -0.148. The van der Waals surface area contributed by atoms with Crippen LogP contribution in [0.5, 0.6) is 0 Å². The van der Waals surface area contributed by atoms with Gasteiger partial charge in [-0.3, -0.25) is 10.1 Å². The predicted octanol–water partition coefficient (Wildman–Crippen LogP) is 5.46. The molecule has 0 aliphatic carbocycles. The number of hydrogen-bond donors (Lipinski definition) is 1. The van der Waals surface area contributed by atoms with Gasteiger partial charge in [0.1, 0.15) is 11.4 Å². The van der Waals surface area contributed by atoms with Crippen LogP contribution in [-0.4, -0.2) is 56.9 Å². The van der Waals surface area contributed by atoms with Crippen LogP contribution in [-0.2, 0) is 11.3 Å². The molecule has 12 heteroatoms. The molecular formula is C24H26F3N5O3S.